The van der Waals surface area contributed by atoms with E-state index in [-0.39, 0.29) is 0 Å². The van der Waals surface area contributed by atoms with Gasteiger partial charge >= 0.3 is 0 Å². The van der Waals surface area contributed by atoms with E-state index in [4.69, 9.17) is 5.73 Å². The smallest absolute Gasteiger partial charge is 0.0247 e. The van der Waals surface area contributed by atoms with Crippen LogP contribution in [0.4, 0.5) is 0 Å². The zero-order valence-corrected chi connectivity index (χ0v) is 9.42. The molecule has 0 spiro atoms. The lowest BCUT2D eigenvalue weighted by Crippen LogP contribution is -1.96. The van der Waals surface area contributed by atoms with Crippen LogP contribution in [-0.2, 0) is 6.42 Å². The minimum atomic E-state index is 0.727. The minimum Gasteiger partial charge on any atom is -0.330 e. The summed E-state index contributed by atoms with van der Waals surface area (Å²) in [6.45, 7) is 2.92. The Morgan fingerprint density at radius 1 is 1.33 bits per heavy atom. The molecule has 0 fully saturated rings. The highest BCUT2D eigenvalue weighted by molar-refractivity contribution is 5.37. The third-order valence-corrected chi connectivity index (χ3v) is 2.20. The molecule has 0 aliphatic heterocycles. The van der Waals surface area contributed by atoms with Gasteiger partial charge in [0.15, 0.2) is 0 Å². The largest absolute Gasteiger partial charge is 0.330 e. The lowest BCUT2D eigenvalue weighted by Gasteiger charge is -1.98. The number of nitrogens with two attached hydrogens (primary N) is 1. The van der Waals surface area contributed by atoms with Gasteiger partial charge in [0, 0.05) is 12.0 Å². The van der Waals surface area contributed by atoms with Gasteiger partial charge < -0.3 is 5.73 Å². The average Bonchev–Trinajstić information content (AvgIpc) is 2.26. The molecule has 2 N–H and O–H groups in total. The quantitative estimate of drug-likeness (QED) is 0.588. The molecule has 0 amide bonds. The van der Waals surface area contributed by atoms with Crippen molar-refractivity contribution >= 4 is 0 Å². The highest BCUT2D eigenvalue weighted by atomic mass is 14.5. The van der Waals surface area contributed by atoms with E-state index in [0.29, 0.717) is 0 Å². The van der Waals surface area contributed by atoms with Crippen molar-refractivity contribution in [1.82, 2.24) is 0 Å². The van der Waals surface area contributed by atoms with E-state index in [9.17, 15) is 0 Å². The number of unbranched alkanes of at least 4 members (excludes halogenated alkanes) is 1. The Kier molecular flexibility index (Phi) is 5.58. The van der Waals surface area contributed by atoms with Crippen molar-refractivity contribution < 1.29 is 0 Å². The molecule has 1 heteroatoms. The number of hydrogen-bond donors (Lipinski definition) is 1. The van der Waals surface area contributed by atoms with Gasteiger partial charge in [-0.05, 0) is 37.1 Å². The molecule has 0 aliphatic rings. The molecule has 80 valence electrons. The van der Waals surface area contributed by atoms with E-state index >= 15 is 0 Å². The van der Waals surface area contributed by atoms with Crippen LogP contribution in [0.15, 0.2) is 24.3 Å². The average molecular weight is 201 g/mol. The van der Waals surface area contributed by atoms with Crippen LogP contribution in [0.3, 0.4) is 0 Å². The zero-order valence-electron chi connectivity index (χ0n) is 9.42. The maximum atomic E-state index is 5.40. The highest BCUT2D eigenvalue weighted by Crippen LogP contribution is 2.06. The predicted octanol–water partition coefficient (Wildman–Crippen LogP) is 2.73. The Bertz CT molecular complexity index is 344. The summed E-state index contributed by atoms with van der Waals surface area (Å²) in [6.07, 6.45) is 4.21. The summed E-state index contributed by atoms with van der Waals surface area (Å²) in [5, 5.41) is 0. The van der Waals surface area contributed by atoms with Crippen molar-refractivity contribution in [1.29, 1.82) is 0 Å². The van der Waals surface area contributed by atoms with Gasteiger partial charge in [-0.1, -0.05) is 37.3 Å². The van der Waals surface area contributed by atoms with Crippen LogP contribution in [0.1, 0.15) is 37.3 Å². The molecule has 0 saturated carbocycles. The SMILES string of the molecule is CCCc1cccc(C#CCCCN)c1. The van der Waals surface area contributed by atoms with E-state index < -0.39 is 0 Å². The molecule has 0 saturated heterocycles. The molecule has 0 aromatic heterocycles. The summed E-state index contributed by atoms with van der Waals surface area (Å²) in [5.41, 5.74) is 7.90. The fourth-order valence-corrected chi connectivity index (χ4v) is 1.45. The molecule has 0 unspecified atom stereocenters. The summed E-state index contributed by atoms with van der Waals surface area (Å²) in [5.74, 6) is 6.31. The molecule has 1 aromatic rings. The first-order valence-electron chi connectivity index (χ1n) is 5.64. The Morgan fingerprint density at radius 3 is 2.93 bits per heavy atom. The van der Waals surface area contributed by atoms with Crippen molar-refractivity contribution in [3.63, 3.8) is 0 Å². The first-order chi connectivity index (χ1) is 7.36. The summed E-state index contributed by atoms with van der Waals surface area (Å²) >= 11 is 0. The van der Waals surface area contributed by atoms with Crippen LogP contribution in [0.5, 0.6) is 0 Å². The fourth-order valence-electron chi connectivity index (χ4n) is 1.45. The topological polar surface area (TPSA) is 26.0 Å². The van der Waals surface area contributed by atoms with Crippen molar-refractivity contribution in [2.75, 3.05) is 6.54 Å². The molecule has 0 atom stereocenters. The summed E-state index contributed by atoms with van der Waals surface area (Å²) in [7, 11) is 0. The monoisotopic (exact) mass is 201 g/mol. The van der Waals surface area contributed by atoms with Crippen molar-refractivity contribution in [3.8, 4) is 11.8 Å². The molecular formula is C14H19N. The first-order valence-corrected chi connectivity index (χ1v) is 5.64. The van der Waals surface area contributed by atoms with Crippen LogP contribution < -0.4 is 5.73 Å². The normalized spacial score (nSPS) is 9.47. The number of benzene rings is 1. The second-order valence-electron chi connectivity index (χ2n) is 3.64. The molecule has 1 nitrogen and oxygen atoms in total. The first kappa shape index (κ1) is 11.8. The Labute approximate surface area is 92.7 Å². The second-order valence-corrected chi connectivity index (χ2v) is 3.64. The molecule has 0 radical (unpaired) electrons. The van der Waals surface area contributed by atoms with Gasteiger partial charge in [0.1, 0.15) is 0 Å². The van der Waals surface area contributed by atoms with Crippen molar-refractivity contribution in [3.05, 3.63) is 35.4 Å². The molecule has 1 rings (SSSR count). The van der Waals surface area contributed by atoms with Gasteiger partial charge in [0.05, 0.1) is 0 Å². The Morgan fingerprint density at radius 2 is 2.20 bits per heavy atom. The Hall–Kier alpha value is -1.26. The third kappa shape index (κ3) is 4.67. The zero-order chi connectivity index (χ0) is 10.9. The van der Waals surface area contributed by atoms with Crippen LogP contribution in [0, 0.1) is 11.8 Å². The van der Waals surface area contributed by atoms with Crippen LogP contribution in [0.2, 0.25) is 0 Å². The van der Waals surface area contributed by atoms with Gasteiger partial charge in [-0.3, -0.25) is 0 Å². The summed E-state index contributed by atoms with van der Waals surface area (Å²) in [6, 6.07) is 8.49. The highest BCUT2D eigenvalue weighted by Gasteiger charge is 1.91. The van der Waals surface area contributed by atoms with Gasteiger partial charge in [-0.2, -0.15) is 0 Å². The lowest BCUT2D eigenvalue weighted by atomic mass is 10.1. The molecule has 0 bridgehead atoms. The number of hydrogen-bond acceptors (Lipinski definition) is 1. The third-order valence-electron chi connectivity index (χ3n) is 2.20. The maximum absolute atomic E-state index is 5.40. The fraction of sp³-hybridized carbons (Fsp3) is 0.429. The Balaban J connectivity index is 2.59. The molecular weight excluding hydrogens is 182 g/mol. The van der Waals surface area contributed by atoms with E-state index in [1.807, 2.05) is 0 Å². The lowest BCUT2D eigenvalue weighted by molar-refractivity contribution is 0.870. The van der Waals surface area contributed by atoms with Crippen molar-refractivity contribution in [2.45, 2.75) is 32.6 Å². The van der Waals surface area contributed by atoms with Crippen LogP contribution in [0.25, 0.3) is 0 Å². The van der Waals surface area contributed by atoms with Gasteiger partial charge in [-0.15, -0.1) is 0 Å². The second kappa shape index (κ2) is 7.09. The summed E-state index contributed by atoms with van der Waals surface area (Å²) < 4.78 is 0. The van der Waals surface area contributed by atoms with Gasteiger partial charge in [-0.25, -0.2) is 0 Å². The van der Waals surface area contributed by atoms with E-state index in [0.717, 1.165) is 31.4 Å². The minimum absolute atomic E-state index is 0.727. The number of aryl methyl sites for hydroxylation is 1. The van der Waals surface area contributed by atoms with E-state index in [2.05, 4.69) is 43.0 Å². The maximum Gasteiger partial charge on any atom is 0.0247 e. The van der Waals surface area contributed by atoms with Crippen LogP contribution >= 0.6 is 0 Å². The number of rotatable bonds is 4. The molecule has 1 aromatic carbocycles. The van der Waals surface area contributed by atoms with E-state index in [1.165, 1.54) is 12.0 Å². The molecule has 15 heavy (non-hydrogen) atoms. The van der Waals surface area contributed by atoms with Crippen molar-refractivity contribution in [2.24, 2.45) is 5.73 Å². The predicted molar refractivity (Wildman–Crippen MR) is 65.6 cm³/mol. The summed E-state index contributed by atoms with van der Waals surface area (Å²) in [4.78, 5) is 0. The standard InChI is InChI=1S/C14H19N/c1-2-7-13-9-6-10-14(12-13)8-4-3-5-11-15/h6,9-10,12H,2-3,5,7,11,15H2,1H3. The van der Waals surface area contributed by atoms with Crippen LogP contribution in [-0.4, -0.2) is 6.54 Å². The van der Waals surface area contributed by atoms with Gasteiger partial charge in [0.25, 0.3) is 0 Å². The molecule has 0 heterocycles. The van der Waals surface area contributed by atoms with Gasteiger partial charge in [0.2, 0.25) is 0 Å². The molecule has 0 aliphatic carbocycles. The van der Waals surface area contributed by atoms with E-state index in [1.54, 1.807) is 0 Å².